The second-order valence-corrected chi connectivity index (χ2v) is 6.93. The molecule has 2 fully saturated rings. The molecule has 2 saturated carbocycles. The monoisotopic (exact) mass is 252 g/mol. The highest BCUT2D eigenvalue weighted by molar-refractivity contribution is 5.90. The maximum atomic E-state index is 12.2. The van der Waals surface area contributed by atoms with Crippen LogP contribution in [-0.2, 0) is 14.3 Å². The molecule has 3 nitrogen and oxygen atoms in total. The molecule has 18 heavy (non-hydrogen) atoms. The quantitative estimate of drug-likeness (QED) is 0.722. The number of ketones is 1. The lowest BCUT2D eigenvalue weighted by Crippen LogP contribution is -2.41. The van der Waals surface area contributed by atoms with Crippen molar-refractivity contribution in [3.8, 4) is 0 Å². The van der Waals surface area contributed by atoms with Crippen molar-refractivity contribution >= 4 is 11.8 Å². The fourth-order valence-electron chi connectivity index (χ4n) is 3.70. The molecular formula is C15H24O3. The molecule has 0 aromatic heterocycles. The van der Waals surface area contributed by atoms with E-state index in [0.717, 1.165) is 12.8 Å². The molecule has 2 bridgehead atoms. The van der Waals surface area contributed by atoms with Gasteiger partial charge in [-0.1, -0.05) is 27.7 Å². The summed E-state index contributed by atoms with van der Waals surface area (Å²) in [4.78, 5) is 23.9. The first kappa shape index (κ1) is 13.6. The molecule has 0 amide bonds. The Hall–Kier alpha value is -0.860. The summed E-state index contributed by atoms with van der Waals surface area (Å²) in [7, 11) is 0. The second kappa shape index (κ2) is 4.36. The Morgan fingerprint density at radius 2 is 2.11 bits per heavy atom. The zero-order chi connectivity index (χ0) is 13.6. The molecule has 2 aliphatic rings. The molecular weight excluding hydrogens is 228 g/mol. The van der Waals surface area contributed by atoms with Gasteiger partial charge in [0, 0.05) is 12.8 Å². The van der Waals surface area contributed by atoms with E-state index in [-0.39, 0.29) is 11.4 Å². The first-order valence-corrected chi connectivity index (χ1v) is 6.98. The van der Waals surface area contributed by atoms with Gasteiger partial charge in [-0.25, -0.2) is 0 Å². The minimum atomic E-state index is -0.399. The van der Waals surface area contributed by atoms with Crippen LogP contribution in [-0.4, -0.2) is 18.4 Å². The molecule has 0 radical (unpaired) electrons. The normalized spacial score (nSPS) is 33.2. The van der Waals surface area contributed by atoms with Crippen molar-refractivity contribution in [2.75, 3.05) is 6.61 Å². The van der Waals surface area contributed by atoms with Gasteiger partial charge in [0.15, 0.2) is 0 Å². The maximum Gasteiger partial charge on any atom is 0.306 e. The molecule has 0 N–H and O–H groups in total. The lowest BCUT2D eigenvalue weighted by Gasteiger charge is -2.35. The highest BCUT2D eigenvalue weighted by Crippen LogP contribution is 2.63. The van der Waals surface area contributed by atoms with E-state index in [1.54, 1.807) is 0 Å². The van der Waals surface area contributed by atoms with Crippen molar-refractivity contribution in [2.45, 2.75) is 53.4 Å². The van der Waals surface area contributed by atoms with E-state index in [1.807, 2.05) is 13.8 Å². The van der Waals surface area contributed by atoms with Crippen LogP contribution in [0.5, 0.6) is 0 Å². The summed E-state index contributed by atoms with van der Waals surface area (Å²) in [6, 6.07) is 0. The minimum absolute atomic E-state index is 0.0117. The Morgan fingerprint density at radius 1 is 1.44 bits per heavy atom. The molecule has 2 rings (SSSR count). The molecule has 2 atom stereocenters. The average molecular weight is 252 g/mol. The number of esters is 1. The number of carbonyl (C=O) groups excluding carboxylic acids is 2. The van der Waals surface area contributed by atoms with Crippen LogP contribution in [0, 0.1) is 22.7 Å². The second-order valence-electron chi connectivity index (χ2n) is 6.93. The van der Waals surface area contributed by atoms with Gasteiger partial charge in [-0.05, 0) is 30.1 Å². The number of carbonyl (C=O) groups is 2. The zero-order valence-corrected chi connectivity index (χ0v) is 11.9. The van der Waals surface area contributed by atoms with Crippen molar-refractivity contribution in [1.29, 1.82) is 0 Å². The zero-order valence-electron chi connectivity index (χ0n) is 11.9. The lowest BCUT2D eigenvalue weighted by atomic mass is 9.69. The summed E-state index contributed by atoms with van der Waals surface area (Å²) in [5.41, 5.74) is -0.410. The molecule has 2 aliphatic carbocycles. The van der Waals surface area contributed by atoms with Gasteiger partial charge < -0.3 is 4.74 Å². The third-order valence-electron chi connectivity index (χ3n) is 5.19. The highest BCUT2D eigenvalue weighted by atomic mass is 16.5. The fraction of sp³-hybridized carbons (Fsp3) is 0.867. The smallest absolute Gasteiger partial charge is 0.306 e. The number of ether oxygens (including phenoxy) is 1. The van der Waals surface area contributed by atoms with Gasteiger partial charge in [-0.3, -0.25) is 9.59 Å². The number of fused-ring (bicyclic) bond motifs is 2. The van der Waals surface area contributed by atoms with E-state index in [9.17, 15) is 9.59 Å². The largest absolute Gasteiger partial charge is 0.465 e. The number of rotatable bonds is 4. The summed E-state index contributed by atoms with van der Waals surface area (Å²) >= 11 is 0. The summed E-state index contributed by atoms with van der Waals surface area (Å²) < 4.78 is 5.40. The van der Waals surface area contributed by atoms with E-state index in [2.05, 4.69) is 13.8 Å². The summed E-state index contributed by atoms with van der Waals surface area (Å²) in [5, 5.41) is 0. The van der Waals surface area contributed by atoms with Crippen LogP contribution >= 0.6 is 0 Å². The Bertz CT molecular complexity index is 370. The van der Waals surface area contributed by atoms with Gasteiger partial charge in [-0.15, -0.1) is 0 Å². The first-order valence-electron chi connectivity index (χ1n) is 6.98. The molecule has 0 aromatic rings. The summed E-state index contributed by atoms with van der Waals surface area (Å²) in [6.07, 6.45) is 3.10. The van der Waals surface area contributed by atoms with Gasteiger partial charge >= 0.3 is 5.97 Å². The van der Waals surface area contributed by atoms with Crippen LogP contribution in [0.4, 0.5) is 0 Å². The van der Waals surface area contributed by atoms with E-state index in [4.69, 9.17) is 4.74 Å². The predicted octanol–water partition coefficient (Wildman–Crippen LogP) is 2.97. The summed E-state index contributed by atoms with van der Waals surface area (Å²) in [6.45, 7) is 8.60. The highest BCUT2D eigenvalue weighted by Gasteiger charge is 2.64. The van der Waals surface area contributed by atoms with Gasteiger partial charge in [-0.2, -0.15) is 0 Å². The van der Waals surface area contributed by atoms with Crippen LogP contribution in [0.3, 0.4) is 0 Å². The Morgan fingerprint density at radius 3 is 2.56 bits per heavy atom. The van der Waals surface area contributed by atoms with Gasteiger partial charge in [0.05, 0.1) is 5.41 Å². The van der Waals surface area contributed by atoms with Crippen LogP contribution < -0.4 is 0 Å². The van der Waals surface area contributed by atoms with Crippen molar-refractivity contribution < 1.29 is 14.3 Å². The standard InChI is InChI=1S/C15H24O3/c1-10(2)7-13(17)18-9-15-6-5-11(8-12(15)16)14(15,3)4/h10-11H,5-9H2,1-4H3. The van der Waals surface area contributed by atoms with Crippen molar-refractivity contribution in [3.63, 3.8) is 0 Å². The lowest BCUT2D eigenvalue weighted by molar-refractivity contribution is -0.153. The first-order chi connectivity index (χ1) is 8.29. The molecule has 0 spiro atoms. The molecule has 0 heterocycles. The van der Waals surface area contributed by atoms with Crippen LogP contribution in [0.15, 0.2) is 0 Å². The molecule has 0 aliphatic heterocycles. The Kier molecular flexibility index (Phi) is 3.28. The van der Waals surface area contributed by atoms with Gasteiger partial charge in [0.25, 0.3) is 0 Å². The van der Waals surface area contributed by atoms with Gasteiger partial charge in [0.1, 0.15) is 12.4 Å². The summed E-state index contributed by atoms with van der Waals surface area (Å²) in [5.74, 6) is 0.923. The molecule has 102 valence electrons. The van der Waals surface area contributed by atoms with E-state index in [1.165, 1.54) is 0 Å². The van der Waals surface area contributed by atoms with Crippen molar-refractivity contribution in [2.24, 2.45) is 22.7 Å². The maximum absolute atomic E-state index is 12.2. The fourth-order valence-corrected chi connectivity index (χ4v) is 3.70. The topological polar surface area (TPSA) is 43.4 Å². The number of Topliss-reactive ketones (excluding diaryl/α,β-unsaturated/α-hetero) is 1. The van der Waals surface area contributed by atoms with Crippen molar-refractivity contribution in [3.05, 3.63) is 0 Å². The van der Waals surface area contributed by atoms with E-state index >= 15 is 0 Å². The number of hydrogen-bond acceptors (Lipinski definition) is 3. The SMILES string of the molecule is CC(C)CC(=O)OCC12CCC(CC1=O)C2(C)C. The van der Waals surface area contributed by atoms with Crippen LogP contribution in [0.2, 0.25) is 0 Å². The van der Waals surface area contributed by atoms with Crippen LogP contribution in [0.25, 0.3) is 0 Å². The third kappa shape index (κ3) is 1.88. The van der Waals surface area contributed by atoms with Crippen molar-refractivity contribution in [1.82, 2.24) is 0 Å². The Labute approximate surface area is 109 Å². The molecule has 3 heteroatoms. The minimum Gasteiger partial charge on any atom is -0.465 e. The molecule has 0 aromatic carbocycles. The van der Waals surface area contributed by atoms with E-state index in [0.29, 0.717) is 37.1 Å². The van der Waals surface area contributed by atoms with E-state index < -0.39 is 5.41 Å². The molecule has 2 unspecified atom stereocenters. The van der Waals surface area contributed by atoms with Crippen LogP contribution in [0.1, 0.15) is 53.4 Å². The predicted molar refractivity (Wildman–Crippen MR) is 69.0 cm³/mol. The third-order valence-corrected chi connectivity index (χ3v) is 5.19. The molecule has 0 saturated heterocycles. The average Bonchev–Trinajstić information content (AvgIpc) is 2.59. The number of hydrogen-bond donors (Lipinski definition) is 0. The van der Waals surface area contributed by atoms with Gasteiger partial charge in [0.2, 0.25) is 0 Å². The Balaban J connectivity index is 2.03.